The number of rotatable bonds is 3. The third-order valence-electron chi connectivity index (χ3n) is 1.60. The van der Waals surface area contributed by atoms with Gasteiger partial charge in [-0.05, 0) is 31.2 Å². The molecular formula is C12H14N2O3. The number of aromatic carboxylic acids is 1. The van der Waals surface area contributed by atoms with Gasteiger partial charge in [-0.25, -0.2) is 4.79 Å². The van der Waals surface area contributed by atoms with Crippen LogP contribution >= 0.6 is 0 Å². The minimum absolute atomic E-state index is 0.0965. The van der Waals surface area contributed by atoms with E-state index in [9.17, 15) is 9.59 Å². The number of carboxylic acid groups (broad SMARTS) is 1. The molecule has 0 fully saturated rings. The van der Waals surface area contributed by atoms with Crippen LogP contribution in [0.4, 0.5) is 5.69 Å². The highest BCUT2D eigenvalue weighted by Gasteiger charge is 2.02. The monoisotopic (exact) mass is 234 g/mol. The first-order chi connectivity index (χ1) is 8.04. The maximum absolute atomic E-state index is 10.8. The van der Waals surface area contributed by atoms with Crippen LogP contribution in [0.2, 0.25) is 0 Å². The van der Waals surface area contributed by atoms with Crippen LogP contribution in [0.25, 0.3) is 0 Å². The molecular weight excluding hydrogens is 220 g/mol. The molecule has 1 aromatic rings. The lowest BCUT2D eigenvalue weighted by molar-refractivity contribution is -0.114. The fraction of sp³-hybridized carbons (Fsp3) is 0.167. The van der Waals surface area contributed by atoms with Crippen LogP contribution in [0.5, 0.6) is 0 Å². The van der Waals surface area contributed by atoms with E-state index >= 15 is 0 Å². The van der Waals surface area contributed by atoms with Crippen molar-refractivity contribution in [1.82, 2.24) is 0 Å². The van der Waals surface area contributed by atoms with Gasteiger partial charge in [0.2, 0.25) is 5.91 Å². The maximum atomic E-state index is 10.8. The molecule has 0 aliphatic carbocycles. The van der Waals surface area contributed by atoms with Crippen molar-refractivity contribution < 1.29 is 14.7 Å². The summed E-state index contributed by atoms with van der Waals surface area (Å²) in [6.07, 6.45) is 4.60. The molecule has 1 amide bonds. The largest absolute Gasteiger partial charge is 0.478 e. The van der Waals surface area contributed by atoms with Crippen molar-refractivity contribution in [2.24, 2.45) is 5.73 Å². The molecule has 0 saturated heterocycles. The summed E-state index contributed by atoms with van der Waals surface area (Å²) in [5.74, 6) is 0.940. The predicted molar refractivity (Wildman–Crippen MR) is 65.6 cm³/mol. The van der Waals surface area contributed by atoms with E-state index in [2.05, 4.69) is 17.7 Å². The third-order valence-corrected chi connectivity index (χ3v) is 1.60. The highest BCUT2D eigenvalue weighted by molar-refractivity contribution is 5.93. The Morgan fingerprint density at radius 1 is 1.41 bits per heavy atom. The highest BCUT2D eigenvalue weighted by atomic mass is 16.4. The van der Waals surface area contributed by atoms with Gasteiger partial charge in [0.15, 0.2) is 0 Å². The fourth-order valence-corrected chi connectivity index (χ4v) is 0.908. The van der Waals surface area contributed by atoms with Crippen molar-refractivity contribution in [3.63, 3.8) is 0 Å². The van der Waals surface area contributed by atoms with Crippen molar-refractivity contribution in [2.45, 2.75) is 6.92 Å². The minimum Gasteiger partial charge on any atom is -0.478 e. The molecule has 17 heavy (non-hydrogen) atoms. The lowest BCUT2D eigenvalue weighted by atomic mass is 10.2. The zero-order valence-corrected chi connectivity index (χ0v) is 9.43. The Kier molecular flexibility index (Phi) is 6.83. The molecule has 0 heterocycles. The molecule has 0 unspecified atom stereocenters. The SMILES string of the molecule is C#CC.NCC(=O)Nc1ccc(C(=O)O)cc1. The summed E-state index contributed by atoms with van der Waals surface area (Å²) < 4.78 is 0. The molecule has 0 bridgehead atoms. The molecule has 0 aromatic heterocycles. The average molecular weight is 234 g/mol. The van der Waals surface area contributed by atoms with Crippen molar-refractivity contribution in [1.29, 1.82) is 0 Å². The summed E-state index contributed by atoms with van der Waals surface area (Å²) in [7, 11) is 0. The number of hydrogen-bond acceptors (Lipinski definition) is 3. The first-order valence-corrected chi connectivity index (χ1v) is 4.75. The molecule has 0 spiro atoms. The first kappa shape index (κ1) is 14.7. The molecule has 4 N–H and O–H groups in total. The van der Waals surface area contributed by atoms with Crippen molar-refractivity contribution in [2.75, 3.05) is 11.9 Å². The Morgan fingerprint density at radius 3 is 2.24 bits per heavy atom. The van der Waals surface area contributed by atoms with Crippen LogP contribution in [-0.4, -0.2) is 23.5 Å². The number of carboxylic acids is 1. The van der Waals surface area contributed by atoms with Gasteiger partial charge in [0.1, 0.15) is 0 Å². The summed E-state index contributed by atoms with van der Waals surface area (Å²) in [6, 6.07) is 5.84. The molecule has 1 aromatic carbocycles. The summed E-state index contributed by atoms with van der Waals surface area (Å²) in [5.41, 5.74) is 5.80. The molecule has 0 atom stereocenters. The van der Waals surface area contributed by atoms with Crippen LogP contribution < -0.4 is 11.1 Å². The average Bonchev–Trinajstić information content (AvgIpc) is 2.30. The molecule has 5 heteroatoms. The third kappa shape index (κ3) is 5.97. The number of hydrogen-bond donors (Lipinski definition) is 3. The van der Waals surface area contributed by atoms with Crippen LogP contribution in [0, 0.1) is 12.3 Å². The summed E-state index contributed by atoms with van der Waals surface area (Å²) >= 11 is 0. The fourth-order valence-electron chi connectivity index (χ4n) is 0.908. The van der Waals surface area contributed by atoms with Crippen LogP contribution in [0.3, 0.4) is 0 Å². The van der Waals surface area contributed by atoms with Crippen LogP contribution in [-0.2, 0) is 4.79 Å². The van der Waals surface area contributed by atoms with Crippen LogP contribution in [0.1, 0.15) is 17.3 Å². The van der Waals surface area contributed by atoms with Gasteiger partial charge in [0.05, 0.1) is 12.1 Å². The molecule has 90 valence electrons. The van der Waals surface area contributed by atoms with E-state index in [1.807, 2.05) is 0 Å². The van der Waals surface area contributed by atoms with E-state index in [1.54, 1.807) is 6.92 Å². The Balaban J connectivity index is 0.000000770. The summed E-state index contributed by atoms with van der Waals surface area (Å²) in [5, 5.41) is 11.1. The highest BCUT2D eigenvalue weighted by Crippen LogP contribution is 2.08. The zero-order valence-electron chi connectivity index (χ0n) is 9.43. The second-order valence-electron chi connectivity index (χ2n) is 2.92. The Hall–Kier alpha value is -2.32. The number of nitrogens with one attached hydrogen (secondary N) is 1. The summed E-state index contributed by atoms with van der Waals surface area (Å²) in [6.45, 7) is 1.56. The second-order valence-corrected chi connectivity index (χ2v) is 2.92. The predicted octanol–water partition coefficient (Wildman–Crippen LogP) is 0.921. The van der Waals surface area contributed by atoms with E-state index in [0.29, 0.717) is 5.69 Å². The second kappa shape index (κ2) is 7.91. The van der Waals surface area contributed by atoms with Gasteiger partial charge in [-0.3, -0.25) is 4.79 Å². The van der Waals surface area contributed by atoms with E-state index in [4.69, 9.17) is 10.8 Å². The Bertz CT molecular complexity index is 418. The van der Waals surface area contributed by atoms with Gasteiger partial charge >= 0.3 is 5.97 Å². The smallest absolute Gasteiger partial charge is 0.335 e. The Labute approximate surface area is 99.6 Å². The number of carbonyl (C=O) groups excluding carboxylic acids is 1. The number of terminal acetylenes is 1. The number of amides is 1. The van der Waals surface area contributed by atoms with Gasteiger partial charge in [-0.1, -0.05) is 0 Å². The van der Waals surface area contributed by atoms with Gasteiger partial charge < -0.3 is 16.2 Å². The lowest BCUT2D eigenvalue weighted by Crippen LogP contribution is -2.21. The standard InChI is InChI=1S/C9H10N2O3.C3H4/c10-5-8(12)11-7-3-1-6(2-4-7)9(13)14;1-3-2/h1-4H,5,10H2,(H,11,12)(H,13,14);1H,2H3. The van der Waals surface area contributed by atoms with E-state index < -0.39 is 5.97 Å². The quantitative estimate of drug-likeness (QED) is 0.678. The molecule has 0 saturated carbocycles. The van der Waals surface area contributed by atoms with Gasteiger partial charge in [0.25, 0.3) is 0 Å². The maximum Gasteiger partial charge on any atom is 0.335 e. The van der Waals surface area contributed by atoms with E-state index in [-0.39, 0.29) is 18.0 Å². The molecule has 0 aliphatic heterocycles. The molecule has 0 radical (unpaired) electrons. The summed E-state index contributed by atoms with van der Waals surface area (Å²) in [4.78, 5) is 21.3. The zero-order chi connectivity index (χ0) is 13.3. The number of nitrogens with two attached hydrogens (primary N) is 1. The number of benzene rings is 1. The van der Waals surface area contributed by atoms with Crippen molar-refractivity contribution >= 4 is 17.6 Å². The van der Waals surface area contributed by atoms with Crippen molar-refractivity contribution in [3.05, 3.63) is 29.8 Å². The topological polar surface area (TPSA) is 92.4 Å². The van der Waals surface area contributed by atoms with Gasteiger partial charge in [-0.2, -0.15) is 0 Å². The van der Waals surface area contributed by atoms with Crippen molar-refractivity contribution in [3.8, 4) is 12.3 Å². The van der Waals surface area contributed by atoms with E-state index in [1.165, 1.54) is 24.3 Å². The number of carbonyl (C=O) groups is 2. The van der Waals surface area contributed by atoms with Crippen LogP contribution in [0.15, 0.2) is 24.3 Å². The molecule has 0 aliphatic rings. The van der Waals surface area contributed by atoms with Gasteiger partial charge in [-0.15, -0.1) is 12.3 Å². The lowest BCUT2D eigenvalue weighted by Gasteiger charge is -2.02. The normalized spacial score (nSPS) is 8.29. The molecule has 1 rings (SSSR count). The van der Waals surface area contributed by atoms with E-state index in [0.717, 1.165) is 0 Å². The number of anilines is 1. The molecule has 5 nitrogen and oxygen atoms in total. The van der Waals surface area contributed by atoms with Gasteiger partial charge in [0, 0.05) is 5.69 Å². The minimum atomic E-state index is -0.998. The first-order valence-electron chi connectivity index (χ1n) is 4.75. The Morgan fingerprint density at radius 2 is 1.88 bits per heavy atom.